The van der Waals surface area contributed by atoms with Crippen LogP contribution in [0.15, 0.2) is 46.9 Å². The Morgan fingerprint density at radius 1 is 1.22 bits per heavy atom. The van der Waals surface area contributed by atoms with E-state index >= 15 is 0 Å². The summed E-state index contributed by atoms with van der Waals surface area (Å²) in [5, 5.41) is 14.6. The first-order valence-corrected chi connectivity index (χ1v) is 10.1. The van der Waals surface area contributed by atoms with Gasteiger partial charge < -0.3 is 15.0 Å². The van der Waals surface area contributed by atoms with Crippen LogP contribution in [0, 0.1) is 6.92 Å². The smallest absolute Gasteiger partial charge is 0.352 e. The van der Waals surface area contributed by atoms with Gasteiger partial charge >= 0.3 is 5.97 Å². The molecule has 0 saturated heterocycles. The summed E-state index contributed by atoms with van der Waals surface area (Å²) in [6, 6.07) is 14.8. The summed E-state index contributed by atoms with van der Waals surface area (Å²) >= 11 is 3.54. The SMILES string of the molecule is Cc1ccc(Cn2c(C(=O)O)c(CNC3CCC3)c3ccc(Br)cc32)cc1. The minimum absolute atomic E-state index is 0.385. The average Bonchev–Trinajstić information content (AvgIpc) is 2.89. The third-order valence-electron chi connectivity index (χ3n) is 5.47. The number of aromatic nitrogens is 1. The summed E-state index contributed by atoms with van der Waals surface area (Å²) in [4.78, 5) is 12.2. The highest BCUT2D eigenvalue weighted by Crippen LogP contribution is 2.31. The molecule has 0 aliphatic heterocycles. The lowest BCUT2D eigenvalue weighted by atomic mass is 9.93. The van der Waals surface area contributed by atoms with Gasteiger partial charge in [0.2, 0.25) is 0 Å². The van der Waals surface area contributed by atoms with Crippen LogP contribution in [0.25, 0.3) is 10.9 Å². The first kappa shape index (κ1) is 18.3. The Labute approximate surface area is 167 Å². The van der Waals surface area contributed by atoms with E-state index in [9.17, 15) is 9.90 Å². The van der Waals surface area contributed by atoms with Crippen molar-refractivity contribution in [2.45, 2.75) is 45.3 Å². The fourth-order valence-electron chi connectivity index (χ4n) is 3.72. The van der Waals surface area contributed by atoms with Crippen molar-refractivity contribution >= 4 is 32.8 Å². The molecule has 0 radical (unpaired) electrons. The van der Waals surface area contributed by atoms with Crippen LogP contribution in [0.5, 0.6) is 0 Å². The molecule has 27 heavy (non-hydrogen) atoms. The molecule has 1 aromatic heterocycles. The van der Waals surface area contributed by atoms with E-state index in [-0.39, 0.29) is 0 Å². The molecule has 1 aliphatic carbocycles. The summed E-state index contributed by atoms with van der Waals surface area (Å²) in [6.07, 6.45) is 3.61. The Kier molecular flexibility index (Phi) is 5.06. The zero-order valence-electron chi connectivity index (χ0n) is 15.3. The summed E-state index contributed by atoms with van der Waals surface area (Å²) in [7, 11) is 0. The van der Waals surface area contributed by atoms with Crippen LogP contribution in [0.2, 0.25) is 0 Å². The van der Waals surface area contributed by atoms with Crippen molar-refractivity contribution in [1.29, 1.82) is 0 Å². The molecule has 0 bridgehead atoms. The summed E-state index contributed by atoms with van der Waals surface area (Å²) in [6.45, 7) is 3.18. The number of hydrogen-bond acceptors (Lipinski definition) is 2. The van der Waals surface area contributed by atoms with Gasteiger partial charge in [-0.25, -0.2) is 4.79 Å². The third kappa shape index (κ3) is 3.66. The third-order valence-corrected chi connectivity index (χ3v) is 5.96. The van der Waals surface area contributed by atoms with Crippen LogP contribution in [-0.2, 0) is 13.1 Å². The molecule has 0 amide bonds. The summed E-state index contributed by atoms with van der Waals surface area (Å²) < 4.78 is 2.89. The van der Waals surface area contributed by atoms with Crippen LogP contribution in [0.4, 0.5) is 0 Å². The van der Waals surface area contributed by atoms with Gasteiger partial charge in [-0.3, -0.25) is 0 Å². The highest BCUT2D eigenvalue weighted by Gasteiger charge is 2.24. The predicted molar refractivity (Wildman–Crippen MR) is 111 cm³/mol. The van der Waals surface area contributed by atoms with E-state index < -0.39 is 5.97 Å². The second-order valence-electron chi connectivity index (χ2n) is 7.37. The maximum atomic E-state index is 12.2. The number of nitrogens with zero attached hydrogens (tertiary/aromatic N) is 1. The molecule has 1 aliphatic rings. The molecule has 1 saturated carbocycles. The van der Waals surface area contributed by atoms with E-state index in [2.05, 4.69) is 52.4 Å². The number of fused-ring (bicyclic) bond motifs is 1. The first-order valence-electron chi connectivity index (χ1n) is 9.36. The van der Waals surface area contributed by atoms with Crippen molar-refractivity contribution < 1.29 is 9.90 Å². The van der Waals surface area contributed by atoms with Crippen LogP contribution in [-0.4, -0.2) is 21.7 Å². The van der Waals surface area contributed by atoms with Crippen molar-refractivity contribution in [2.75, 3.05) is 0 Å². The first-order chi connectivity index (χ1) is 13.0. The van der Waals surface area contributed by atoms with E-state index in [4.69, 9.17) is 0 Å². The molecule has 4 rings (SSSR count). The monoisotopic (exact) mass is 426 g/mol. The lowest BCUT2D eigenvalue weighted by molar-refractivity contribution is 0.0684. The maximum Gasteiger partial charge on any atom is 0.352 e. The van der Waals surface area contributed by atoms with E-state index in [0.29, 0.717) is 24.8 Å². The standard InChI is InChI=1S/C22H23BrN2O2/c1-14-5-7-15(8-6-14)13-25-20-11-16(23)9-10-18(20)19(21(25)22(26)27)12-24-17-3-2-4-17/h5-11,17,24H,2-4,12-13H2,1H3,(H,26,27). The fraction of sp³-hybridized carbons (Fsp3) is 0.318. The van der Waals surface area contributed by atoms with Gasteiger partial charge in [0.1, 0.15) is 5.69 Å². The van der Waals surface area contributed by atoms with Gasteiger partial charge in [-0.05, 0) is 37.5 Å². The topological polar surface area (TPSA) is 54.3 Å². The molecule has 3 aromatic rings. The van der Waals surface area contributed by atoms with E-state index in [1.54, 1.807) is 0 Å². The predicted octanol–water partition coefficient (Wildman–Crippen LogP) is 5.10. The van der Waals surface area contributed by atoms with Gasteiger partial charge in [-0.2, -0.15) is 0 Å². The number of carboxylic acids is 1. The van der Waals surface area contributed by atoms with Gasteiger partial charge in [-0.15, -0.1) is 0 Å². The zero-order valence-corrected chi connectivity index (χ0v) is 16.9. The number of carbonyl (C=O) groups is 1. The number of rotatable bonds is 6. The number of halogens is 1. The van der Waals surface area contributed by atoms with Crippen LogP contribution in [0.3, 0.4) is 0 Å². The van der Waals surface area contributed by atoms with Crippen LogP contribution < -0.4 is 5.32 Å². The Hall–Kier alpha value is -2.11. The van der Waals surface area contributed by atoms with E-state index in [0.717, 1.165) is 26.5 Å². The van der Waals surface area contributed by atoms with Gasteiger partial charge in [0.05, 0.1) is 5.52 Å². The number of hydrogen-bond donors (Lipinski definition) is 2. The number of nitrogens with one attached hydrogen (secondary N) is 1. The lowest BCUT2D eigenvalue weighted by Gasteiger charge is -2.26. The highest BCUT2D eigenvalue weighted by molar-refractivity contribution is 9.10. The molecule has 1 heterocycles. The van der Waals surface area contributed by atoms with Crippen molar-refractivity contribution in [3.05, 3.63) is 69.3 Å². The normalized spacial score (nSPS) is 14.4. The number of carboxylic acid groups (broad SMARTS) is 1. The second-order valence-corrected chi connectivity index (χ2v) is 8.29. The molecule has 0 atom stereocenters. The van der Waals surface area contributed by atoms with Crippen molar-refractivity contribution in [2.24, 2.45) is 0 Å². The summed E-state index contributed by atoms with van der Waals surface area (Å²) in [5.41, 5.74) is 4.51. The minimum atomic E-state index is -0.875. The molecule has 4 nitrogen and oxygen atoms in total. The molecule has 5 heteroatoms. The molecular weight excluding hydrogens is 404 g/mol. The van der Waals surface area contributed by atoms with E-state index in [1.807, 2.05) is 22.8 Å². The van der Waals surface area contributed by atoms with Crippen LogP contribution in [0.1, 0.15) is 46.4 Å². The summed E-state index contributed by atoms with van der Waals surface area (Å²) in [5.74, 6) is -0.875. The number of aromatic carboxylic acids is 1. The fourth-order valence-corrected chi connectivity index (χ4v) is 4.07. The molecular formula is C22H23BrN2O2. The van der Waals surface area contributed by atoms with Crippen molar-refractivity contribution in [1.82, 2.24) is 9.88 Å². The highest BCUT2D eigenvalue weighted by atomic mass is 79.9. The molecule has 140 valence electrons. The molecule has 0 spiro atoms. The quantitative estimate of drug-likeness (QED) is 0.576. The molecule has 2 aromatic carbocycles. The Morgan fingerprint density at radius 3 is 2.59 bits per heavy atom. The maximum absolute atomic E-state index is 12.2. The Bertz CT molecular complexity index is 988. The lowest BCUT2D eigenvalue weighted by Crippen LogP contribution is -2.34. The van der Waals surface area contributed by atoms with Gasteiger partial charge in [0, 0.05) is 34.6 Å². The number of aryl methyl sites for hydroxylation is 1. The van der Waals surface area contributed by atoms with Gasteiger partial charge in [-0.1, -0.05) is 58.2 Å². The largest absolute Gasteiger partial charge is 0.477 e. The van der Waals surface area contributed by atoms with Gasteiger partial charge in [0.15, 0.2) is 0 Å². The zero-order chi connectivity index (χ0) is 19.0. The van der Waals surface area contributed by atoms with Crippen LogP contribution >= 0.6 is 15.9 Å². The Balaban J connectivity index is 1.81. The second kappa shape index (κ2) is 7.49. The number of benzene rings is 2. The minimum Gasteiger partial charge on any atom is -0.477 e. The van der Waals surface area contributed by atoms with Crippen molar-refractivity contribution in [3.8, 4) is 0 Å². The Morgan fingerprint density at radius 2 is 1.96 bits per heavy atom. The molecule has 0 unspecified atom stereocenters. The van der Waals surface area contributed by atoms with Crippen molar-refractivity contribution in [3.63, 3.8) is 0 Å². The average molecular weight is 427 g/mol. The molecule has 1 fully saturated rings. The molecule has 2 N–H and O–H groups in total. The van der Waals surface area contributed by atoms with E-state index in [1.165, 1.54) is 24.8 Å². The van der Waals surface area contributed by atoms with Gasteiger partial charge in [0.25, 0.3) is 0 Å².